The molecular formula is C13H22N2O10. The van der Waals surface area contributed by atoms with Crippen LogP contribution in [-0.2, 0) is 9.47 Å². The van der Waals surface area contributed by atoms with Crippen molar-refractivity contribution in [3.8, 4) is 0 Å². The van der Waals surface area contributed by atoms with Gasteiger partial charge in [0.1, 0.15) is 48.8 Å². The largest absolute Gasteiger partial charge is 0.454 e. The van der Waals surface area contributed by atoms with Gasteiger partial charge in [-0.05, 0) is 0 Å². The van der Waals surface area contributed by atoms with E-state index in [4.69, 9.17) is 14.6 Å². The number of amidine groups is 1. The van der Waals surface area contributed by atoms with Gasteiger partial charge in [-0.15, -0.1) is 0 Å². The molecule has 0 amide bonds. The summed E-state index contributed by atoms with van der Waals surface area (Å²) in [5.74, 6) is 0. The molecule has 12 heteroatoms. The SMILES string of the molecule is OC[C@@H](O)[C@H]1O[C@@H]2N=C(NC3[C@H](O)[C@H](O)C(O)[C@H](O)[C@H]3O)O[C@@H]2[C@H]1O. The Morgan fingerprint density at radius 3 is 2.00 bits per heavy atom. The summed E-state index contributed by atoms with van der Waals surface area (Å²) in [6, 6.07) is -1.52. The molecule has 2 fully saturated rings. The molecule has 2 heterocycles. The van der Waals surface area contributed by atoms with Crippen LogP contribution in [0.4, 0.5) is 0 Å². The molecule has 1 aliphatic carbocycles. The van der Waals surface area contributed by atoms with Gasteiger partial charge in [-0.1, -0.05) is 0 Å². The summed E-state index contributed by atoms with van der Waals surface area (Å²) >= 11 is 0. The van der Waals surface area contributed by atoms with Gasteiger partial charge in [0.2, 0.25) is 0 Å². The van der Waals surface area contributed by atoms with Crippen LogP contribution >= 0.6 is 0 Å². The van der Waals surface area contributed by atoms with Crippen molar-refractivity contribution in [2.24, 2.45) is 4.99 Å². The molecule has 25 heavy (non-hydrogen) atoms. The molecule has 1 saturated carbocycles. The fraction of sp³-hybridized carbons (Fsp3) is 0.923. The number of fused-ring (bicyclic) bond motifs is 1. The topological polar surface area (TPSA) is 205 Å². The first-order valence-electron chi connectivity index (χ1n) is 7.80. The maximum absolute atomic E-state index is 10.1. The number of rotatable bonds is 3. The summed E-state index contributed by atoms with van der Waals surface area (Å²) in [7, 11) is 0. The van der Waals surface area contributed by atoms with Gasteiger partial charge < -0.3 is 55.6 Å². The summed E-state index contributed by atoms with van der Waals surface area (Å²) in [6.07, 6.45) is -14.0. The summed E-state index contributed by atoms with van der Waals surface area (Å²) in [4.78, 5) is 3.96. The molecule has 144 valence electrons. The van der Waals surface area contributed by atoms with Gasteiger partial charge in [0, 0.05) is 0 Å². The number of ether oxygens (including phenoxy) is 2. The summed E-state index contributed by atoms with van der Waals surface area (Å²) in [6.45, 7) is -0.617. The number of nitrogens with zero attached hydrogens (tertiary/aromatic N) is 1. The third-order valence-electron chi connectivity index (χ3n) is 4.73. The number of hydrogen-bond acceptors (Lipinski definition) is 12. The third-order valence-corrected chi connectivity index (χ3v) is 4.73. The molecule has 0 aromatic heterocycles. The van der Waals surface area contributed by atoms with E-state index in [2.05, 4.69) is 10.3 Å². The molecule has 3 rings (SSSR count). The van der Waals surface area contributed by atoms with E-state index in [1.807, 2.05) is 0 Å². The number of aliphatic hydroxyl groups is 8. The maximum atomic E-state index is 10.1. The van der Waals surface area contributed by atoms with Crippen molar-refractivity contribution in [3.63, 3.8) is 0 Å². The van der Waals surface area contributed by atoms with Crippen LogP contribution in [0.3, 0.4) is 0 Å². The van der Waals surface area contributed by atoms with E-state index in [9.17, 15) is 35.7 Å². The van der Waals surface area contributed by atoms with Crippen molar-refractivity contribution >= 4 is 6.02 Å². The predicted octanol–water partition coefficient (Wildman–Crippen LogP) is -6.04. The van der Waals surface area contributed by atoms with E-state index in [1.54, 1.807) is 0 Å². The highest BCUT2D eigenvalue weighted by molar-refractivity contribution is 5.76. The second-order valence-electron chi connectivity index (χ2n) is 6.37. The Bertz CT molecular complexity index is 505. The molecule has 12 nitrogen and oxygen atoms in total. The normalized spacial score (nSPS) is 50.8. The van der Waals surface area contributed by atoms with Gasteiger partial charge in [-0.2, -0.15) is 4.99 Å². The Kier molecular flexibility index (Phi) is 5.16. The van der Waals surface area contributed by atoms with Gasteiger partial charge in [0.05, 0.1) is 12.6 Å². The monoisotopic (exact) mass is 366 g/mol. The van der Waals surface area contributed by atoms with Gasteiger partial charge in [-0.3, -0.25) is 0 Å². The van der Waals surface area contributed by atoms with Crippen molar-refractivity contribution in [1.29, 1.82) is 0 Å². The van der Waals surface area contributed by atoms with Crippen molar-refractivity contribution in [2.45, 2.75) is 67.2 Å². The van der Waals surface area contributed by atoms with Crippen LogP contribution in [0.5, 0.6) is 0 Å². The van der Waals surface area contributed by atoms with Gasteiger partial charge in [-0.25, -0.2) is 0 Å². The molecular weight excluding hydrogens is 344 g/mol. The molecule has 2 unspecified atom stereocenters. The van der Waals surface area contributed by atoms with E-state index in [0.29, 0.717) is 0 Å². The second kappa shape index (κ2) is 6.90. The highest BCUT2D eigenvalue weighted by Crippen LogP contribution is 2.31. The van der Waals surface area contributed by atoms with Crippen molar-refractivity contribution in [1.82, 2.24) is 5.32 Å². The minimum Gasteiger partial charge on any atom is -0.454 e. The van der Waals surface area contributed by atoms with E-state index >= 15 is 0 Å². The van der Waals surface area contributed by atoms with Crippen LogP contribution < -0.4 is 5.32 Å². The zero-order valence-corrected chi connectivity index (χ0v) is 12.9. The molecule has 3 aliphatic rings. The predicted molar refractivity (Wildman–Crippen MR) is 77.0 cm³/mol. The Balaban J connectivity index is 1.67. The van der Waals surface area contributed by atoms with Crippen molar-refractivity contribution < 1.29 is 50.3 Å². The fourth-order valence-corrected chi connectivity index (χ4v) is 3.22. The van der Waals surface area contributed by atoms with E-state index in [1.165, 1.54) is 0 Å². The lowest BCUT2D eigenvalue weighted by Gasteiger charge is -2.42. The minimum atomic E-state index is -1.72. The summed E-state index contributed by atoms with van der Waals surface area (Å²) in [5, 5.41) is 79.9. The molecule has 0 spiro atoms. The number of aliphatic imine (C=N–C) groups is 1. The fourth-order valence-electron chi connectivity index (χ4n) is 3.22. The van der Waals surface area contributed by atoms with Crippen LogP contribution in [0, 0.1) is 0 Å². The smallest absolute Gasteiger partial charge is 0.288 e. The van der Waals surface area contributed by atoms with Gasteiger partial charge in [0.15, 0.2) is 12.3 Å². The second-order valence-corrected chi connectivity index (χ2v) is 6.37. The first-order valence-corrected chi connectivity index (χ1v) is 7.80. The van der Waals surface area contributed by atoms with E-state index in [0.717, 1.165) is 0 Å². The first kappa shape index (κ1) is 18.7. The van der Waals surface area contributed by atoms with Crippen LogP contribution in [0.2, 0.25) is 0 Å². The minimum absolute atomic E-state index is 0.218. The average Bonchev–Trinajstić information content (AvgIpc) is 3.13. The van der Waals surface area contributed by atoms with Crippen molar-refractivity contribution in [3.05, 3.63) is 0 Å². The molecule has 1 saturated heterocycles. The Hall–Kier alpha value is -1.09. The average molecular weight is 366 g/mol. The molecule has 9 N–H and O–H groups in total. The molecule has 0 aromatic carbocycles. The molecule has 0 radical (unpaired) electrons. The molecule has 11 atom stereocenters. The van der Waals surface area contributed by atoms with Gasteiger partial charge in [0.25, 0.3) is 6.02 Å². The molecule has 0 bridgehead atoms. The zero-order valence-electron chi connectivity index (χ0n) is 12.9. The highest BCUT2D eigenvalue weighted by atomic mass is 16.6. The maximum Gasteiger partial charge on any atom is 0.288 e. The van der Waals surface area contributed by atoms with E-state index < -0.39 is 73.8 Å². The first-order chi connectivity index (χ1) is 11.8. The zero-order chi connectivity index (χ0) is 18.5. The van der Waals surface area contributed by atoms with Crippen LogP contribution in [0.25, 0.3) is 0 Å². The molecule has 0 aromatic rings. The van der Waals surface area contributed by atoms with Crippen LogP contribution in [0.1, 0.15) is 0 Å². The standard InChI is InChI=1S/C13H22N2O10/c16-1-2(17)10-9(23)11-12(24-10)15-13(25-11)14-3-4(18)6(20)8(22)7(21)5(3)19/h2-12,16-23H,1H2,(H,14,15)/t2-,3?,4+,5+,6-,7+,8?,9+,10-,11-,12+/m1/s1. The van der Waals surface area contributed by atoms with Crippen molar-refractivity contribution in [2.75, 3.05) is 6.61 Å². The lowest BCUT2D eigenvalue weighted by molar-refractivity contribution is -0.188. The quantitative estimate of drug-likeness (QED) is 0.230. The highest BCUT2D eigenvalue weighted by Gasteiger charge is 2.53. The summed E-state index contributed by atoms with van der Waals surface area (Å²) in [5.41, 5.74) is 0. The Morgan fingerprint density at radius 1 is 0.920 bits per heavy atom. The lowest BCUT2D eigenvalue weighted by atomic mass is 9.83. The number of hydrogen-bond donors (Lipinski definition) is 9. The third kappa shape index (κ3) is 3.09. The van der Waals surface area contributed by atoms with Gasteiger partial charge >= 0.3 is 0 Å². The lowest BCUT2D eigenvalue weighted by Crippen LogP contribution is -2.68. The Labute approximate surface area is 141 Å². The molecule has 2 aliphatic heterocycles. The van der Waals surface area contributed by atoms with Crippen LogP contribution in [-0.4, -0.2) is 121 Å². The summed E-state index contributed by atoms with van der Waals surface area (Å²) < 4.78 is 10.6. The number of aliphatic hydroxyl groups excluding tert-OH is 8. The van der Waals surface area contributed by atoms with Crippen LogP contribution in [0.15, 0.2) is 4.99 Å². The number of nitrogens with one attached hydrogen (secondary N) is 1. The Morgan fingerprint density at radius 2 is 1.48 bits per heavy atom. The van der Waals surface area contributed by atoms with E-state index in [-0.39, 0.29) is 6.02 Å².